The summed E-state index contributed by atoms with van der Waals surface area (Å²) in [6.07, 6.45) is 5.72. The molecular weight excluding hydrogens is 332 g/mol. The van der Waals surface area contributed by atoms with Crippen LogP contribution in [0.25, 0.3) is 10.8 Å². The van der Waals surface area contributed by atoms with Gasteiger partial charge in [-0.25, -0.2) is 0 Å². The Hall–Kier alpha value is -2.21. The highest BCUT2D eigenvalue weighted by molar-refractivity contribution is 5.87. The van der Waals surface area contributed by atoms with E-state index in [2.05, 4.69) is 68.1 Å². The van der Waals surface area contributed by atoms with Crippen LogP contribution in [0.15, 0.2) is 36.4 Å². The van der Waals surface area contributed by atoms with Crippen LogP contribution in [0, 0.1) is 22.7 Å². The Morgan fingerprint density at radius 3 is 2.37 bits per heavy atom. The van der Waals surface area contributed by atoms with Crippen molar-refractivity contribution >= 4 is 16.5 Å². The van der Waals surface area contributed by atoms with E-state index in [4.69, 9.17) is 10.00 Å². The SMILES string of the molecule is CN(CCC#N)c1ccc2cc(O[C@H]3CC[C@H](C(C)(C)C)CC3)ccc2c1. The summed E-state index contributed by atoms with van der Waals surface area (Å²) in [6, 6.07) is 15.1. The first-order valence-electron chi connectivity index (χ1n) is 10.2. The molecule has 3 nitrogen and oxygen atoms in total. The van der Waals surface area contributed by atoms with E-state index in [9.17, 15) is 0 Å². The first-order chi connectivity index (χ1) is 12.9. The highest BCUT2D eigenvalue weighted by Crippen LogP contribution is 2.39. The summed E-state index contributed by atoms with van der Waals surface area (Å²) in [7, 11) is 2.03. The molecule has 0 atom stereocenters. The van der Waals surface area contributed by atoms with Crippen LogP contribution in [0.5, 0.6) is 5.75 Å². The molecule has 1 fully saturated rings. The Morgan fingerprint density at radius 2 is 1.70 bits per heavy atom. The molecule has 0 heterocycles. The summed E-state index contributed by atoms with van der Waals surface area (Å²) in [6.45, 7) is 7.82. The van der Waals surface area contributed by atoms with Gasteiger partial charge in [-0.05, 0) is 72.1 Å². The Kier molecular flexibility index (Phi) is 5.95. The summed E-state index contributed by atoms with van der Waals surface area (Å²) < 4.78 is 6.31. The molecule has 27 heavy (non-hydrogen) atoms. The second-order valence-corrected chi connectivity index (χ2v) is 8.98. The molecule has 0 unspecified atom stereocenters. The molecule has 1 aliphatic rings. The molecule has 0 spiro atoms. The fourth-order valence-electron chi connectivity index (χ4n) is 4.11. The molecule has 0 N–H and O–H groups in total. The van der Waals surface area contributed by atoms with Gasteiger partial charge in [0.05, 0.1) is 18.6 Å². The van der Waals surface area contributed by atoms with Gasteiger partial charge in [-0.1, -0.05) is 32.9 Å². The molecule has 0 bridgehead atoms. The zero-order valence-corrected chi connectivity index (χ0v) is 17.2. The lowest BCUT2D eigenvalue weighted by molar-refractivity contribution is 0.0883. The lowest BCUT2D eigenvalue weighted by Crippen LogP contribution is -2.30. The number of nitrogens with zero attached hydrogens (tertiary/aromatic N) is 2. The second-order valence-electron chi connectivity index (χ2n) is 8.98. The topological polar surface area (TPSA) is 36.3 Å². The van der Waals surface area contributed by atoms with Crippen molar-refractivity contribution in [3.63, 3.8) is 0 Å². The number of anilines is 1. The Morgan fingerprint density at radius 1 is 1.04 bits per heavy atom. The maximum atomic E-state index is 8.76. The lowest BCUT2D eigenvalue weighted by atomic mass is 9.72. The van der Waals surface area contributed by atoms with Crippen LogP contribution in [0.4, 0.5) is 5.69 Å². The first-order valence-corrected chi connectivity index (χ1v) is 10.2. The van der Waals surface area contributed by atoms with E-state index in [0.29, 0.717) is 17.9 Å². The summed E-state index contributed by atoms with van der Waals surface area (Å²) in [5, 5.41) is 11.2. The maximum absolute atomic E-state index is 8.76. The van der Waals surface area contributed by atoms with Crippen LogP contribution in [-0.4, -0.2) is 19.7 Å². The monoisotopic (exact) mass is 364 g/mol. The van der Waals surface area contributed by atoms with E-state index in [1.54, 1.807) is 0 Å². The van der Waals surface area contributed by atoms with Gasteiger partial charge in [0.25, 0.3) is 0 Å². The molecular formula is C24H32N2O. The van der Waals surface area contributed by atoms with Crippen LogP contribution in [0.1, 0.15) is 52.9 Å². The van der Waals surface area contributed by atoms with E-state index >= 15 is 0 Å². The Bertz CT molecular complexity index is 807. The molecule has 0 radical (unpaired) electrons. The average Bonchev–Trinajstić information content (AvgIpc) is 2.65. The third-order valence-corrected chi connectivity index (χ3v) is 6.00. The fraction of sp³-hybridized carbons (Fsp3) is 0.542. The van der Waals surface area contributed by atoms with Gasteiger partial charge in [0.2, 0.25) is 0 Å². The van der Waals surface area contributed by atoms with Gasteiger partial charge in [-0.2, -0.15) is 5.26 Å². The lowest BCUT2D eigenvalue weighted by Gasteiger charge is -2.37. The second kappa shape index (κ2) is 8.21. The number of fused-ring (bicyclic) bond motifs is 1. The summed E-state index contributed by atoms with van der Waals surface area (Å²) >= 11 is 0. The van der Waals surface area contributed by atoms with Crippen molar-refractivity contribution in [2.45, 2.75) is 59.0 Å². The van der Waals surface area contributed by atoms with Crippen LogP contribution >= 0.6 is 0 Å². The standard InChI is InChI=1S/C24H32N2O/c1-24(2,3)20-8-12-22(13-9-20)27-23-11-7-18-16-21(10-6-19(18)17-23)26(4)15-5-14-25/h6-7,10-11,16-17,20,22H,5,8-9,12-13,15H2,1-4H3/t20-,22-. The van der Waals surface area contributed by atoms with Gasteiger partial charge >= 0.3 is 0 Å². The molecule has 1 saturated carbocycles. The number of rotatable bonds is 5. The zero-order valence-electron chi connectivity index (χ0n) is 17.2. The summed E-state index contributed by atoms with van der Waals surface area (Å²) in [5.74, 6) is 1.79. The van der Waals surface area contributed by atoms with Crippen molar-refractivity contribution in [3.05, 3.63) is 36.4 Å². The normalized spacial score (nSPS) is 20.3. The van der Waals surface area contributed by atoms with Crippen molar-refractivity contribution in [2.24, 2.45) is 11.3 Å². The highest BCUT2D eigenvalue weighted by atomic mass is 16.5. The van der Waals surface area contributed by atoms with Crippen LogP contribution in [0.2, 0.25) is 0 Å². The molecule has 2 aromatic carbocycles. The van der Waals surface area contributed by atoms with Gasteiger partial charge in [-0.15, -0.1) is 0 Å². The van der Waals surface area contributed by atoms with E-state index in [-0.39, 0.29) is 0 Å². The molecule has 3 heteroatoms. The number of hydrogen-bond acceptors (Lipinski definition) is 3. The molecule has 0 aromatic heterocycles. The predicted octanol–water partition coefficient (Wildman–Crippen LogP) is 6.17. The zero-order chi connectivity index (χ0) is 19.4. The fourth-order valence-corrected chi connectivity index (χ4v) is 4.11. The Balaban J connectivity index is 1.64. The number of ether oxygens (including phenoxy) is 1. The largest absolute Gasteiger partial charge is 0.490 e. The van der Waals surface area contributed by atoms with Crippen LogP contribution < -0.4 is 9.64 Å². The van der Waals surface area contributed by atoms with Crippen molar-refractivity contribution in [2.75, 3.05) is 18.5 Å². The minimum atomic E-state index is 0.345. The van der Waals surface area contributed by atoms with Crippen molar-refractivity contribution < 1.29 is 4.74 Å². The van der Waals surface area contributed by atoms with E-state index < -0.39 is 0 Å². The van der Waals surface area contributed by atoms with Gasteiger partial charge in [-0.3, -0.25) is 0 Å². The number of hydrogen-bond donors (Lipinski definition) is 0. The Labute approximate surface area is 163 Å². The predicted molar refractivity (Wildman–Crippen MR) is 113 cm³/mol. The quantitative estimate of drug-likeness (QED) is 0.636. The minimum absolute atomic E-state index is 0.345. The number of nitriles is 1. The average molecular weight is 365 g/mol. The highest BCUT2D eigenvalue weighted by Gasteiger charge is 2.30. The maximum Gasteiger partial charge on any atom is 0.120 e. The minimum Gasteiger partial charge on any atom is -0.490 e. The van der Waals surface area contributed by atoms with Gasteiger partial charge < -0.3 is 9.64 Å². The molecule has 0 amide bonds. The van der Waals surface area contributed by atoms with Crippen molar-refractivity contribution in [1.82, 2.24) is 0 Å². The van der Waals surface area contributed by atoms with Crippen LogP contribution in [0.3, 0.4) is 0 Å². The third-order valence-electron chi connectivity index (χ3n) is 6.00. The van der Waals surface area contributed by atoms with Gasteiger partial charge in [0.15, 0.2) is 0 Å². The van der Waals surface area contributed by atoms with Gasteiger partial charge in [0, 0.05) is 19.3 Å². The molecule has 3 rings (SSSR count). The molecule has 1 aliphatic carbocycles. The first kappa shape index (κ1) is 19.5. The summed E-state index contributed by atoms with van der Waals surface area (Å²) in [4.78, 5) is 2.13. The van der Waals surface area contributed by atoms with E-state index in [1.807, 2.05) is 7.05 Å². The molecule has 144 valence electrons. The molecule has 0 aliphatic heterocycles. The van der Waals surface area contributed by atoms with Gasteiger partial charge in [0.1, 0.15) is 5.75 Å². The van der Waals surface area contributed by atoms with Crippen molar-refractivity contribution in [3.8, 4) is 11.8 Å². The number of benzene rings is 2. The van der Waals surface area contributed by atoms with E-state index in [0.717, 1.165) is 36.7 Å². The third kappa shape index (κ3) is 4.95. The van der Waals surface area contributed by atoms with E-state index in [1.165, 1.54) is 23.6 Å². The summed E-state index contributed by atoms with van der Waals surface area (Å²) in [5.41, 5.74) is 1.55. The van der Waals surface area contributed by atoms with Crippen LogP contribution in [-0.2, 0) is 0 Å². The molecule has 2 aromatic rings. The molecule has 0 saturated heterocycles. The van der Waals surface area contributed by atoms with Crippen molar-refractivity contribution in [1.29, 1.82) is 5.26 Å². The smallest absolute Gasteiger partial charge is 0.120 e.